The highest BCUT2D eigenvalue weighted by molar-refractivity contribution is 6.08. The summed E-state index contributed by atoms with van der Waals surface area (Å²) in [6.45, 7) is 8.77. The van der Waals surface area contributed by atoms with E-state index in [0.717, 1.165) is 5.56 Å². The van der Waals surface area contributed by atoms with Crippen molar-refractivity contribution < 1.29 is 14.5 Å². The van der Waals surface area contributed by atoms with Crippen molar-refractivity contribution in [3.8, 4) is 0 Å². The molecular weight excluding hydrogens is 358 g/mol. The van der Waals surface area contributed by atoms with E-state index in [4.69, 9.17) is 4.74 Å². The Morgan fingerprint density at radius 3 is 2.32 bits per heavy atom. The highest BCUT2D eigenvalue weighted by Crippen LogP contribution is 2.28. The van der Waals surface area contributed by atoms with Crippen LogP contribution < -0.4 is 10.2 Å². The van der Waals surface area contributed by atoms with Gasteiger partial charge in [0.1, 0.15) is 0 Å². The Labute approximate surface area is 164 Å². The van der Waals surface area contributed by atoms with Gasteiger partial charge in [-0.3, -0.25) is 14.9 Å². The monoisotopic (exact) mass is 383 g/mol. The first kappa shape index (κ1) is 19.8. The summed E-state index contributed by atoms with van der Waals surface area (Å²) in [4.78, 5) is 25.7. The molecular formula is C21H25N3O4. The van der Waals surface area contributed by atoms with Gasteiger partial charge in [-0.25, -0.2) is 0 Å². The molecule has 1 aliphatic rings. The lowest BCUT2D eigenvalue weighted by Gasteiger charge is -2.30. The molecule has 0 spiro atoms. The van der Waals surface area contributed by atoms with Gasteiger partial charge < -0.3 is 15.0 Å². The van der Waals surface area contributed by atoms with Gasteiger partial charge in [0, 0.05) is 30.9 Å². The summed E-state index contributed by atoms with van der Waals surface area (Å²) in [6, 6.07) is 12.1. The van der Waals surface area contributed by atoms with Crippen LogP contribution in [0.4, 0.5) is 17.1 Å². The Morgan fingerprint density at radius 2 is 1.75 bits per heavy atom. The zero-order chi connectivity index (χ0) is 20.3. The van der Waals surface area contributed by atoms with Crippen LogP contribution in [0.15, 0.2) is 42.5 Å². The third-order valence-electron chi connectivity index (χ3n) is 4.80. The van der Waals surface area contributed by atoms with Gasteiger partial charge in [0.25, 0.3) is 11.6 Å². The molecule has 0 unspecified atom stereocenters. The van der Waals surface area contributed by atoms with E-state index in [9.17, 15) is 14.9 Å². The minimum absolute atomic E-state index is 0.0199. The molecule has 0 atom stereocenters. The maximum atomic E-state index is 12.9. The fourth-order valence-electron chi connectivity index (χ4n) is 3.15. The lowest BCUT2D eigenvalue weighted by Crippen LogP contribution is -2.37. The fourth-order valence-corrected chi connectivity index (χ4v) is 3.15. The molecule has 0 aliphatic carbocycles. The van der Waals surface area contributed by atoms with Crippen LogP contribution in [-0.4, -0.2) is 37.1 Å². The number of hydrogen-bond donors (Lipinski definition) is 1. The van der Waals surface area contributed by atoms with Gasteiger partial charge >= 0.3 is 0 Å². The first-order valence-electron chi connectivity index (χ1n) is 9.29. The van der Waals surface area contributed by atoms with Gasteiger partial charge in [-0.05, 0) is 29.2 Å². The predicted octanol–water partition coefficient (Wildman–Crippen LogP) is 3.98. The van der Waals surface area contributed by atoms with Crippen molar-refractivity contribution in [2.75, 3.05) is 36.5 Å². The predicted molar refractivity (Wildman–Crippen MR) is 109 cm³/mol. The smallest absolute Gasteiger partial charge is 0.270 e. The molecule has 1 amide bonds. The Morgan fingerprint density at radius 1 is 1.11 bits per heavy atom. The summed E-state index contributed by atoms with van der Waals surface area (Å²) in [5.74, 6) is -0.367. The van der Waals surface area contributed by atoms with Crippen molar-refractivity contribution in [3.63, 3.8) is 0 Å². The number of nitrogens with zero attached hydrogens (tertiary/aromatic N) is 2. The van der Waals surface area contributed by atoms with Gasteiger partial charge in [-0.1, -0.05) is 32.9 Å². The van der Waals surface area contributed by atoms with E-state index in [0.29, 0.717) is 37.7 Å². The summed E-state index contributed by atoms with van der Waals surface area (Å²) in [5.41, 5.74) is 2.69. The molecule has 1 saturated heterocycles. The number of nitrogens with one attached hydrogen (secondary N) is 1. The summed E-state index contributed by atoms with van der Waals surface area (Å²) < 4.78 is 5.37. The van der Waals surface area contributed by atoms with Crippen molar-refractivity contribution in [2.24, 2.45) is 0 Å². The number of carbonyl (C=O) groups is 1. The molecule has 2 aromatic rings. The molecule has 1 fully saturated rings. The second kappa shape index (κ2) is 7.98. The van der Waals surface area contributed by atoms with Crippen molar-refractivity contribution in [2.45, 2.75) is 26.2 Å². The quantitative estimate of drug-likeness (QED) is 0.638. The Bertz CT molecular complexity index is 866. The fraction of sp³-hybridized carbons (Fsp3) is 0.381. The number of morpholine rings is 1. The molecule has 148 valence electrons. The van der Waals surface area contributed by atoms with Crippen LogP contribution in [0.5, 0.6) is 0 Å². The van der Waals surface area contributed by atoms with Crippen LogP contribution in [0.3, 0.4) is 0 Å². The number of hydrogen-bond acceptors (Lipinski definition) is 5. The first-order valence-corrected chi connectivity index (χ1v) is 9.29. The number of benzene rings is 2. The molecule has 7 nitrogen and oxygen atoms in total. The van der Waals surface area contributed by atoms with E-state index in [-0.39, 0.29) is 22.6 Å². The minimum atomic E-state index is -0.488. The van der Waals surface area contributed by atoms with E-state index >= 15 is 0 Å². The summed E-state index contributed by atoms with van der Waals surface area (Å²) in [6.07, 6.45) is 0. The second-order valence-electron chi connectivity index (χ2n) is 7.84. The van der Waals surface area contributed by atoms with E-state index in [2.05, 4.69) is 26.1 Å². The largest absolute Gasteiger partial charge is 0.378 e. The van der Waals surface area contributed by atoms with Crippen LogP contribution >= 0.6 is 0 Å². The van der Waals surface area contributed by atoms with Crippen molar-refractivity contribution in [1.82, 2.24) is 0 Å². The Hall–Kier alpha value is -2.93. The number of carbonyl (C=O) groups excluding carboxylic acids is 1. The van der Waals surface area contributed by atoms with Crippen molar-refractivity contribution in [3.05, 3.63) is 63.7 Å². The van der Waals surface area contributed by atoms with E-state index in [1.165, 1.54) is 12.1 Å². The number of rotatable bonds is 4. The molecule has 0 radical (unpaired) electrons. The Balaban J connectivity index is 1.88. The SMILES string of the molecule is CC(C)(C)c1ccc(NC(=O)c2cc([N+](=O)[O-])ccc2N2CCOCC2)cc1. The van der Waals surface area contributed by atoms with Crippen molar-refractivity contribution >= 4 is 23.0 Å². The maximum absolute atomic E-state index is 12.9. The third kappa shape index (κ3) is 4.48. The molecule has 1 heterocycles. The summed E-state index contributed by atoms with van der Waals surface area (Å²) in [5, 5.41) is 14.1. The molecule has 0 bridgehead atoms. The van der Waals surface area contributed by atoms with Crippen LogP contribution in [0.1, 0.15) is 36.7 Å². The normalized spacial score (nSPS) is 14.6. The highest BCUT2D eigenvalue weighted by atomic mass is 16.6. The summed E-state index contributed by atoms with van der Waals surface area (Å²) >= 11 is 0. The molecule has 2 aromatic carbocycles. The van der Waals surface area contributed by atoms with E-state index < -0.39 is 4.92 Å². The average molecular weight is 383 g/mol. The lowest BCUT2D eigenvalue weighted by atomic mass is 9.87. The minimum Gasteiger partial charge on any atom is -0.378 e. The van der Waals surface area contributed by atoms with Gasteiger partial charge in [-0.2, -0.15) is 0 Å². The van der Waals surface area contributed by atoms with Crippen LogP contribution in [0.2, 0.25) is 0 Å². The van der Waals surface area contributed by atoms with Gasteiger partial charge in [0.15, 0.2) is 0 Å². The molecule has 28 heavy (non-hydrogen) atoms. The zero-order valence-electron chi connectivity index (χ0n) is 16.4. The van der Waals surface area contributed by atoms with E-state index in [1.807, 2.05) is 29.2 Å². The van der Waals surface area contributed by atoms with Crippen LogP contribution in [-0.2, 0) is 10.2 Å². The second-order valence-corrected chi connectivity index (χ2v) is 7.84. The van der Waals surface area contributed by atoms with Crippen molar-refractivity contribution in [1.29, 1.82) is 0 Å². The number of non-ortho nitro benzene ring substituents is 1. The van der Waals surface area contributed by atoms with Crippen LogP contribution in [0, 0.1) is 10.1 Å². The molecule has 3 rings (SSSR count). The number of ether oxygens (including phenoxy) is 1. The lowest BCUT2D eigenvalue weighted by molar-refractivity contribution is -0.384. The number of anilines is 2. The number of nitro benzene ring substituents is 1. The zero-order valence-corrected chi connectivity index (χ0v) is 16.4. The Kier molecular flexibility index (Phi) is 5.65. The average Bonchev–Trinajstić information content (AvgIpc) is 2.68. The third-order valence-corrected chi connectivity index (χ3v) is 4.80. The van der Waals surface area contributed by atoms with Crippen LogP contribution in [0.25, 0.3) is 0 Å². The molecule has 1 aliphatic heterocycles. The number of amides is 1. The standard InChI is InChI=1S/C21H25N3O4/c1-21(2,3)15-4-6-16(7-5-15)22-20(25)18-14-17(24(26)27)8-9-19(18)23-10-12-28-13-11-23/h4-9,14H,10-13H2,1-3H3,(H,22,25). The molecule has 1 N–H and O–H groups in total. The summed E-state index contributed by atoms with van der Waals surface area (Å²) in [7, 11) is 0. The maximum Gasteiger partial charge on any atom is 0.270 e. The molecule has 7 heteroatoms. The van der Waals surface area contributed by atoms with Gasteiger partial charge in [-0.15, -0.1) is 0 Å². The highest BCUT2D eigenvalue weighted by Gasteiger charge is 2.22. The topological polar surface area (TPSA) is 84.7 Å². The van der Waals surface area contributed by atoms with E-state index in [1.54, 1.807) is 6.07 Å². The van der Waals surface area contributed by atoms with Gasteiger partial charge in [0.2, 0.25) is 0 Å². The molecule has 0 saturated carbocycles. The molecule has 0 aromatic heterocycles. The first-order chi connectivity index (χ1) is 13.3. The number of nitro groups is 1. The van der Waals surface area contributed by atoms with Gasteiger partial charge in [0.05, 0.1) is 29.4 Å².